The molecule has 1 amide bonds. The van der Waals surface area contributed by atoms with Crippen LogP contribution >= 0.6 is 0 Å². The molecule has 0 bridgehead atoms. The summed E-state index contributed by atoms with van der Waals surface area (Å²) in [6, 6.07) is 9.61. The Morgan fingerprint density at radius 2 is 2.00 bits per heavy atom. The van der Waals surface area contributed by atoms with Crippen LogP contribution in [0.3, 0.4) is 0 Å². The first-order chi connectivity index (χ1) is 12.2. The van der Waals surface area contributed by atoms with E-state index in [1.54, 1.807) is 0 Å². The predicted molar refractivity (Wildman–Crippen MR) is 99.2 cm³/mol. The van der Waals surface area contributed by atoms with E-state index < -0.39 is 6.09 Å². The monoisotopic (exact) mass is 345 g/mol. The van der Waals surface area contributed by atoms with Gasteiger partial charge in [-0.25, -0.2) is 4.79 Å². The number of ketones is 1. The Morgan fingerprint density at radius 3 is 2.76 bits per heavy atom. The molecule has 1 saturated carbocycles. The molecule has 0 saturated heterocycles. The van der Waals surface area contributed by atoms with E-state index in [0.717, 1.165) is 24.8 Å². The van der Waals surface area contributed by atoms with Crippen LogP contribution in [0.2, 0.25) is 0 Å². The molecule has 1 aliphatic carbocycles. The fraction of sp³-hybridized carbons (Fsp3) is 0.619. The molecular weight excluding hydrogens is 314 g/mol. The summed E-state index contributed by atoms with van der Waals surface area (Å²) in [5, 5.41) is 2.80. The average Bonchev–Trinajstić information content (AvgIpc) is 2.64. The van der Waals surface area contributed by atoms with Crippen molar-refractivity contribution in [1.82, 2.24) is 5.32 Å². The van der Waals surface area contributed by atoms with E-state index in [1.807, 2.05) is 30.3 Å². The number of amides is 1. The quantitative estimate of drug-likeness (QED) is 0.650. The highest BCUT2D eigenvalue weighted by Crippen LogP contribution is 2.31. The Hall–Kier alpha value is -1.84. The third kappa shape index (κ3) is 6.89. The van der Waals surface area contributed by atoms with Crippen LogP contribution in [0.15, 0.2) is 30.3 Å². The number of hydrogen-bond acceptors (Lipinski definition) is 3. The molecule has 0 spiro atoms. The zero-order chi connectivity index (χ0) is 17.9. The number of unbranched alkanes of at least 4 members (excludes halogenated alkanes) is 3. The highest BCUT2D eigenvalue weighted by atomic mass is 16.5. The van der Waals surface area contributed by atoms with Gasteiger partial charge < -0.3 is 10.1 Å². The van der Waals surface area contributed by atoms with Gasteiger partial charge in [-0.05, 0) is 30.7 Å². The van der Waals surface area contributed by atoms with Gasteiger partial charge in [0.1, 0.15) is 12.4 Å². The topological polar surface area (TPSA) is 55.4 Å². The number of Topliss-reactive ketones (excluding diaryl/α,β-unsaturated/α-hetero) is 1. The summed E-state index contributed by atoms with van der Waals surface area (Å²) in [5.41, 5.74) is 0.959. The van der Waals surface area contributed by atoms with Crippen LogP contribution < -0.4 is 5.32 Å². The van der Waals surface area contributed by atoms with Crippen molar-refractivity contribution >= 4 is 11.9 Å². The molecule has 0 unspecified atom stereocenters. The molecule has 138 valence electrons. The standard InChI is InChI=1S/C21H31NO3/c1-2-3-4-8-12-18-13-9-14-20(23)19(18)15-22-21(24)25-16-17-10-6-5-7-11-17/h5-7,10-11,18-19H,2-4,8-9,12-16H2,1H3,(H,22,24)/t18-,19-/m1/s1. The van der Waals surface area contributed by atoms with Crippen molar-refractivity contribution in [2.24, 2.45) is 11.8 Å². The summed E-state index contributed by atoms with van der Waals surface area (Å²) < 4.78 is 5.24. The maximum Gasteiger partial charge on any atom is 0.407 e. The Balaban J connectivity index is 1.74. The van der Waals surface area contributed by atoms with E-state index in [4.69, 9.17) is 4.74 Å². The Kier molecular flexibility index (Phi) is 8.50. The van der Waals surface area contributed by atoms with E-state index in [9.17, 15) is 9.59 Å². The third-order valence-electron chi connectivity index (χ3n) is 5.09. The molecule has 2 rings (SSSR count). The Bertz CT molecular complexity index is 529. The lowest BCUT2D eigenvalue weighted by atomic mass is 9.75. The summed E-state index contributed by atoms with van der Waals surface area (Å²) >= 11 is 0. The van der Waals surface area contributed by atoms with Gasteiger partial charge in [-0.2, -0.15) is 0 Å². The van der Waals surface area contributed by atoms with Crippen molar-refractivity contribution < 1.29 is 14.3 Å². The SMILES string of the molecule is CCCCCC[C@@H]1CCCC(=O)[C@@H]1CNC(=O)OCc1ccccc1. The van der Waals surface area contributed by atoms with Gasteiger partial charge in [0.05, 0.1) is 0 Å². The van der Waals surface area contributed by atoms with Gasteiger partial charge in [0.25, 0.3) is 0 Å². The first kappa shape index (κ1) is 19.5. The van der Waals surface area contributed by atoms with Crippen molar-refractivity contribution in [1.29, 1.82) is 0 Å². The second-order valence-corrected chi connectivity index (χ2v) is 7.02. The number of nitrogens with one attached hydrogen (secondary N) is 1. The van der Waals surface area contributed by atoms with Crippen molar-refractivity contribution in [3.63, 3.8) is 0 Å². The minimum atomic E-state index is -0.438. The molecule has 4 heteroatoms. The molecule has 0 aromatic heterocycles. The van der Waals surface area contributed by atoms with E-state index in [0.29, 0.717) is 24.7 Å². The van der Waals surface area contributed by atoms with Crippen LogP contribution in [-0.4, -0.2) is 18.4 Å². The number of carbonyl (C=O) groups excluding carboxylic acids is 2. The molecule has 1 fully saturated rings. The van der Waals surface area contributed by atoms with Crippen LogP contribution in [0.5, 0.6) is 0 Å². The van der Waals surface area contributed by atoms with Crippen molar-refractivity contribution in [3.8, 4) is 0 Å². The minimum absolute atomic E-state index is 0.0420. The highest BCUT2D eigenvalue weighted by Gasteiger charge is 2.31. The van der Waals surface area contributed by atoms with Gasteiger partial charge in [0.15, 0.2) is 0 Å². The van der Waals surface area contributed by atoms with Gasteiger partial charge >= 0.3 is 6.09 Å². The van der Waals surface area contributed by atoms with Crippen LogP contribution in [-0.2, 0) is 16.1 Å². The number of rotatable bonds is 9. The average molecular weight is 345 g/mol. The fourth-order valence-electron chi connectivity index (χ4n) is 3.61. The van der Waals surface area contributed by atoms with Crippen LogP contribution in [0.25, 0.3) is 0 Å². The number of alkyl carbamates (subject to hydrolysis) is 1. The lowest BCUT2D eigenvalue weighted by Gasteiger charge is -2.30. The Labute approximate surface area is 151 Å². The molecule has 1 aromatic rings. The zero-order valence-electron chi connectivity index (χ0n) is 15.3. The largest absolute Gasteiger partial charge is 0.445 e. The van der Waals surface area contributed by atoms with Gasteiger partial charge in [-0.1, -0.05) is 62.9 Å². The highest BCUT2D eigenvalue weighted by molar-refractivity contribution is 5.82. The molecule has 1 aromatic carbocycles. The fourth-order valence-corrected chi connectivity index (χ4v) is 3.61. The van der Waals surface area contributed by atoms with E-state index in [-0.39, 0.29) is 12.5 Å². The summed E-state index contributed by atoms with van der Waals surface area (Å²) in [6.45, 7) is 2.87. The normalized spacial score (nSPS) is 20.3. The second-order valence-electron chi connectivity index (χ2n) is 7.02. The Morgan fingerprint density at radius 1 is 1.20 bits per heavy atom. The van der Waals surface area contributed by atoms with E-state index in [1.165, 1.54) is 25.7 Å². The van der Waals surface area contributed by atoms with Crippen LogP contribution in [0, 0.1) is 11.8 Å². The van der Waals surface area contributed by atoms with Crippen LogP contribution in [0.4, 0.5) is 4.79 Å². The first-order valence-corrected chi connectivity index (χ1v) is 9.68. The maximum absolute atomic E-state index is 12.3. The summed E-state index contributed by atoms with van der Waals surface area (Å²) in [6.07, 6.45) is 8.30. The first-order valence-electron chi connectivity index (χ1n) is 9.68. The smallest absolute Gasteiger partial charge is 0.407 e. The third-order valence-corrected chi connectivity index (χ3v) is 5.09. The van der Waals surface area contributed by atoms with Crippen molar-refractivity contribution in [2.45, 2.75) is 64.9 Å². The van der Waals surface area contributed by atoms with Gasteiger partial charge in [-0.15, -0.1) is 0 Å². The molecule has 2 atom stereocenters. The molecular formula is C21H31NO3. The van der Waals surface area contributed by atoms with Gasteiger partial charge in [0, 0.05) is 18.9 Å². The van der Waals surface area contributed by atoms with Gasteiger partial charge in [-0.3, -0.25) is 4.79 Å². The zero-order valence-corrected chi connectivity index (χ0v) is 15.3. The second kappa shape index (κ2) is 10.9. The molecule has 1 N–H and O–H groups in total. The summed E-state index contributed by atoms with van der Waals surface area (Å²) in [4.78, 5) is 24.2. The summed E-state index contributed by atoms with van der Waals surface area (Å²) in [5.74, 6) is 0.669. The van der Waals surface area contributed by atoms with Gasteiger partial charge in [0.2, 0.25) is 0 Å². The molecule has 0 radical (unpaired) electrons. The van der Waals surface area contributed by atoms with Crippen molar-refractivity contribution in [3.05, 3.63) is 35.9 Å². The van der Waals surface area contributed by atoms with E-state index in [2.05, 4.69) is 12.2 Å². The molecule has 0 aliphatic heterocycles. The number of hydrogen-bond donors (Lipinski definition) is 1. The predicted octanol–water partition coefficient (Wildman–Crippen LogP) is 4.87. The lowest BCUT2D eigenvalue weighted by Crippen LogP contribution is -2.39. The number of benzene rings is 1. The minimum Gasteiger partial charge on any atom is -0.445 e. The summed E-state index contributed by atoms with van der Waals surface area (Å²) in [7, 11) is 0. The maximum atomic E-state index is 12.3. The number of carbonyl (C=O) groups is 2. The van der Waals surface area contributed by atoms with E-state index >= 15 is 0 Å². The molecule has 4 nitrogen and oxygen atoms in total. The lowest BCUT2D eigenvalue weighted by molar-refractivity contribution is -0.126. The van der Waals surface area contributed by atoms with Crippen LogP contribution in [0.1, 0.15) is 63.9 Å². The molecule has 0 heterocycles. The molecule has 25 heavy (non-hydrogen) atoms. The molecule has 1 aliphatic rings. The number of ether oxygens (including phenoxy) is 1. The van der Waals surface area contributed by atoms with Crippen molar-refractivity contribution in [2.75, 3.05) is 6.54 Å².